The summed E-state index contributed by atoms with van der Waals surface area (Å²) < 4.78 is 6.55. The van der Waals surface area contributed by atoms with Gasteiger partial charge in [0.05, 0.1) is 12.2 Å². The predicted octanol–water partition coefficient (Wildman–Crippen LogP) is 2.71. The second-order valence-corrected chi connectivity index (χ2v) is 7.50. The molecule has 0 saturated carbocycles. The van der Waals surface area contributed by atoms with E-state index in [1.807, 2.05) is 47.7 Å². The van der Waals surface area contributed by atoms with Gasteiger partial charge in [0.25, 0.3) is 5.56 Å². The summed E-state index contributed by atoms with van der Waals surface area (Å²) >= 11 is 0. The zero-order valence-electron chi connectivity index (χ0n) is 17.0. The summed E-state index contributed by atoms with van der Waals surface area (Å²) in [6, 6.07) is 20.2. The number of benzene rings is 2. The first-order valence-corrected chi connectivity index (χ1v) is 9.75. The molecule has 0 amide bonds. The Kier molecular flexibility index (Phi) is 3.99. The van der Waals surface area contributed by atoms with E-state index in [1.165, 1.54) is 11.6 Å². The minimum absolute atomic E-state index is 0.347. The Morgan fingerprint density at radius 2 is 1.50 bits per heavy atom. The molecular weight excluding hydrogens is 378 g/mol. The van der Waals surface area contributed by atoms with Crippen molar-refractivity contribution in [2.45, 2.75) is 13.5 Å². The molecule has 0 bridgehead atoms. The third-order valence-corrected chi connectivity index (χ3v) is 5.66. The minimum atomic E-state index is -0.385. The van der Waals surface area contributed by atoms with Gasteiger partial charge in [-0.3, -0.25) is 18.3 Å². The van der Waals surface area contributed by atoms with Crippen LogP contribution in [0.3, 0.4) is 0 Å². The molecule has 5 rings (SSSR count). The maximum atomic E-state index is 13.0. The van der Waals surface area contributed by atoms with Crippen LogP contribution < -0.4 is 11.2 Å². The Morgan fingerprint density at radius 3 is 2.17 bits per heavy atom. The molecule has 3 heterocycles. The van der Waals surface area contributed by atoms with E-state index in [-0.39, 0.29) is 11.2 Å². The van der Waals surface area contributed by atoms with Crippen molar-refractivity contribution in [1.82, 2.24) is 23.1 Å². The van der Waals surface area contributed by atoms with E-state index >= 15 is 0 Å². The zero-order chi connectivity index (χ0) is 21.0. The van der Waals surface area contributed by atoms with E-state index in [0.717, 1.165) is 27.1 Å². The van der Waals surface area contributed by atoms with Gasteiger partial charge in [0.15, 0.2) is 11.2 Å². The Hall–Kier alpha value is -3.87. The summed E-state index contributed by atoms with van der Waals surface area (Å²) in [6.45, 7) is 2.59. The highest BCUT2D eigenvalue weighted by Gasteiger charge is 2.24. The molecule has 5 aromatic rings. The maximum Gasteiger partial charge on any atom is 0.332 e. The summed E-state index contributed by atoms with van der Waals surface area (Å²) in [5.41, 5.74) is 4.15. The smallest absolute Gasteiger partial charge is 0.305 e. The fourth-order valence-electron chi connectivity index (χ4n) is 4.16. The molecule has 3 aromatic heterocycles. The fraction of sp³-hybridized carbons (Fsp3) is 0.174. The van der Waals surface area contributed by atoms with Crippen molar-refractivity contribution in [2.24, 2.45) is 14.1 Å². The Labute approximate surface area is 172 Å². The van der Waals surface area contributed by atoms with Gasteiger partial charge in [-0.25, -0.2) is 4.79 Å². The molecule has 2 aromatic carbocycles. The van der Waals surface area contributed by atoms with Gasteiger partial charge in [0.2, 0.25) is 5.78 Å². The number of nitrogens with zero attached hydrogens (tertiary/aromatic N) is 5. The van der Waals surface area contributed by atoms with Crippen molar-refractivity contribution in [3.63, 3.8) is 0 Å². The lowest BCUT2D eigenvalue weighted by Gasteiger charge is -2.10. The standard InChI is InChI=1S/C23H21N5O2/c1-15-18(17-12-8-5-9-13-17)27(14-16-10-6-4-7-11-16)22-24-20-19(28(15)22)21(29)26(3)23(30)25(20)2/h4-13H,14H2,1-3H3. The highest BCUT2D eigenvalue weighted by atomic mass is 16.2. The molecule has 7 nitrogen and oxygen atoms in total. The molecule has 0 aliphatic heterocycles. The normalized spacial score (nSPS) is 11.6. The third kappa shape index (κ3) is 2.48. The first-order chi connectivity index (χ1) is 14.5. The largest absolute Gasteiger partial charge is 0.332 e. The third-order valence-electron chi connectivity index (χ3n) is 5.66. The van der Waals surface area contributed by atoms with Crippen LogP contribution in [0.1, 0.15) is 11.3 Å². The van der Waals surface area contributed by atoms with Crippen LogP contribution in [0.25, 0.3) is 28.2 Å². The molecule has 0 saturated heterocycles. The lowest BCUT2D eigenvalue weighted by molar-refractivity contribution is 0.707. The molecule has 30 heavy (non-hydrogen) atoms. The van der Waals surface area contributed by atoms with E-state index in [9.17, 15) is 9.59 Å². The monoisotopic (exact) mass is 399 g/mol. The number of rotatable bonds is 3. The van der Waals surface area contributed by atoms with E-state index in [2.05, 4.69) is 28.8 Å². The van der Waals surface area contributed by atoms with E-state index in [1.54, 1.807) is 7.05 Å². The molecule has 0 fully saturated rings. The molecule has 150 valence electrons. The molecule has 0 N–H and O–H groups in total. The van der Waals surface area contributed by atoms with E-state index < -0.39 is 0 Å². The molecule has 7 heteroatoms. The van der Waals surface area contributed by atoms with Crippen LogP contribution in [0, 0.1) is 6.92 Å². The minimum Gasteiger partial charge on any atom is -0.305 e. The predicted molar refractivity (Wildman–Crippen MR) is 117 cm³/mol. The summed E-state index contributed by atoms with van der Waals surface area (Å²) in [6.07, 6.45) is 0. The average Bonchev–Trinajstić information content (AvgIpc) is 3.28. The molecule has 0 aliphatic carbocycles. The highest BCUT2D eigenvalue weighted by molar-refractivity contribution is 5.79. The van der Waals surface area contributed by atoms with Crippen LogP contribution in [0.2, 0.25) is 0 Å². The SMILES string of the molecule is Cc1c(-c2ccccc2)n(Cc2ccccc2)c2nc3c(c(=O)n(C)c(=O)n3C)n12. The number of hydrogen-bond acceptors (Lipinski definition) is 3. The van der Waals surface area contributed by atoms with Crippen LogP contribution in [-0.2, 0) is 20.6 Å². The quantitative estimate of drug-likeness (QED) is 0.469. The van der Waals surface area contributed by atoms with Crippen molar-refractivity contribution >= 4 is 16.9 Å². The Balaban J connectivity index is 1.94. The topological polar surface area (TPSA) is 66.2 Å². The van der Waals surface area contributed by atoms with Gasteiger partial charge in [0.1, 0.15) is 0 Å². The van der Waals surface area contributed by atoms with Gasteiger partial charge in [-0.2, -0.15) is 4.98 Å². The van der Waals surface area contributed by atoms with Gasteiger partial charge in [-0.15, -0.1) is 0 Å². The number of fused-ring (bicyclic) bond motifs is 3. The first kappa shape index (κ1) is 18.2. The van der Waals surface area contributed by atoms with Crippen LogP contribution in [-0.4, -0.2) is 23.1 Å². The zero-order valence-corrected chi connectivity index (χ0v) is 17.0. The van der Waals surface area contributed by atoms with E-state index in [4.69, 9.17) is 4.98 Å². The van der Waals surface area contributed by atoms with Crippen molar-refractivity contribution in [2.75, 3.05) is 0 Å². The summed E-state index contributed by atoms with van der Waals surface area (Å²) in [4.78, 5) is 30.2. The van der Waals surface area contributed by atoms with Crippen molar-refractivity contribution in [3.8, 4) is 11.3 Å². The van der Waals surface area contributed by atoms with Crippen molar-refractivity contribution < 1.29 is 0 Å². The Morgan fingerprint density at radius 1 is 0.867 bits per heavy atom. The van der Waals surface area contributed by atoms with Crippen LogP contribution in [0.5, 0.6) is 0 Å². The number of imidazole rings is 2. The first-order valence-electron chi connectivity index (χ1n) is 9.75. The van der Waals surface area contributed by atoms with Crippen molar-refractivity contribution in [1.29, 1.82) is 0 Å². The molecule has 0 spiro atoms. The van der Waals surface area contributed by atoms with E-state index in [0.29, 0.717) is 23.5 Å². The van der Waals surface area contributed by atoms with Gasteiger partial charge in [0, 0.05) is 25.4 Å². The molecule has 0 aliphatic rings. The van der Waals surface area contributed by atoms with Gasteiger partial charge in [-0.05, 0) is 12.5 Å². The number of aromatic nitrogens is 5. The second kappa shape index (κ2) is 6.59. The Bertz CT molecular complexity index is 1520. The maximum absolute atomic E-state index is 13.0. The second-order valence-electron chi connectivity index (χ2n) is 7.50. The van der Waals surface area contributed by atoms with Crippen LogP contribution in [0.15, 0.2) is 70.3 Å². The molecular formula is C23H21N5O2. The average molecular weight is 399 g/mol. The summed E-state index contributed by atoms with van der Waals surface area (Å²) in [7, 11) is 3.14. The molecule has 0 atom stereocenters. The fourth-order valence-corrected chi connectivity index (χ4v) is 4.16. The lowest BCUT2D eigenvalue weighted by atomic mass is 10.1. The highest BCUT2D eigenvalue weighted by Crippen LogP contribution is 2.30. The van der Waals surface area contributed by atoms with Gasteiger partial charge in [-0.1, -0.05) is 60.7 Å². The van der Waals surface area contributed by atoms with Crippen LogP contribution in [0.4, 0.5) is 0 Å². The number of hydrogen-bond donors (Lipinski definition) is 0. The molecule has 0 unspecified atom stereocenters. The lowest BCUT2D eigenvalue weighted by Crippen LogP contribution is -2.37. The molecule has 0 radical (unpaired) electrons. The summed E-state index contributed by atoms with van der Waals surface area (Å²) in [5.74, 6) is 0.642. The summed E-state index contributed by atoms with van der Waals surface area (Å²) in [5, 5.41) is 0. The van der Waals surface area contributed by atoms with Crippen LogP contribution >= 0.6 is 0 Å². The van der Waals surface area contributed by atoms with Gasteiger partial charge >= 0.3 is 5.69 Å². The number of aryl methyl sites for hydroxylation is 2. The van der Waals surface area contributed by atoms with Gasteiger partial charge < -0.3 is 4.57 Å². The van der Waals surface area contributed by atoms with Crippen molar-refractivity contribution in [3.05, 3.63) is 92.8 Å².